The molecule has 2 heterocycles. The van der Waals surface area contributed by atoms with Crippen LogP contribution in [0.1, 0.15) is 12.8 Å². The van der Waals surface area contributed by atoms with E-state index in [0.717, 1.165) is 12.8 Å². The van der Waals surface area contributed by atoms with Gasteiger partial charge in [0.1, 0.15) is 12.1 Å². The molecule has 0 spiro atoms. The molecule has 0 amide bonds. The Hall–Kier alpha value is -2.00. The second kappa shape index (κ2) is 8.02. The SMILES string of the molecule is O=C1C=CCC2=CC=CNC12.O=C1C=CCC2=CC=CNC12.[Zn]. The molecule has 2 atom stereocenters. The van der Waals surface area contributed by atoms with Crippen LogP contribution in [0.25, 0.3) is 0 Å². The topological polar surface area (TPSA) is 58.2 Å². The Kier molecular flexibility index (Phi) is 6.06. The van der Waals surface area contributed by atoms with E-state index < -0.39 is 0 Å². The van der Waals surface area contributed by atoms with Gasteiger partial charge in [0, 0.05) is 19.5 Å². The van der Waals surface area contributed by atoms with E-state index in [1.54, 1.807) is 12.2 Å². The van der Waals surface area contributed by atoms with Gasteiger partial charge in [0.2, 0.25) is 0 Å². The van der Waals surface area contributed by atoms with Crippen molar-refractivity contribution in [3.8, 4) is 0 Å². The van der Waals surface area contributed by atoms with Crippen LogP contribution in [0.2, 0.25) is 0 Å². The van der Waals surface area contributed by atoms with Gasteiger partial charge in [-0.05, 0) is 60.7 Å². The van der Waals surface area contributed by atoms with Gasteiger partial charge < -0.3 is 10.6 Å². The van der Waals surface area contributed by atoms with Crippen LogP contribution in [-0.2, 0) is 29.1 Å². The van der Waals surface area contributed by atoms with Gasteiger partial charge >= 0.3 is 0 Å². The molecule has 114 valence electrons. The third-order valence-electron chi connectivity index (χ3n) is 3.92. The minimum Gasteiger partial charge on any atom is -0.378 e. The third-order valence-corrected chi connectivity index (χ3v) is 3.92. The van der Waals surface area contributed by atoms with Gasteiger partial charge in [-0.1, -0.05) is 24.3 Å². The molecular formula is C18H18N2O2Zn. The van der Waals surface area contributed by atoms with Crippen LogP contribution < -0.4 is 10.6 Å². The molecule has 5 heteroatoms. The average Bonchev–Trinajstić information content (AvgIpc) is 2.57. The number of allylic oxidation sites excluding steroid dienone is 6. The molecule has 0 bridgehead atoms. The summed E-state index contributed by atoms with van der Waals surface area (Å²) in [6.45, 7) is 0. The van der Waals surface area contributed by atoms with Crippen molar-refractivity contribution < 1.29 is 29.1 Å². The Morgan fingerprint density at radius 2 is 1.22 bits per heavy atom. The number of hydrogen-bond donors (Lipinski definition) is 2. The normalized spacial score (nSPS) is 26.3. The summed E-state index contributed by atoms with van der Waals surface area (Å²) >= 11 is 0. The smallest absolute Gasteiger partial charge is 0.181 e. The largest absolute Gasteiger partial charge is 0.378 e. The maximum atomic E-state index is 11.2. The Morgan fingerprint density at radius 3 is 1.61 bits per heavy atom. The van der Waals surface area contributed by atoms with Gasteiger partial charge in [0.15, 0.2) is 11.6 Å². The summed E-state index contributed by atoms with van der Waals surface area (Å²) in [5.74, 6) is 0.318. The minimum atomic E-state index is -0.0787. The first kappa shape index (κ1) is 17.4. The van der Waals surface area contributed by atoms with Gasteiger partial charge in [-0.25, -0.2) is 0 Å². The predicted molar refractivity (Wildman–Crippen MR) is 85.8 cm³/mol. The van der Waals surface area contributed by atoms with E-state index in [-0.39, 0.29) is 43.1 Å². The van der Waals surface area contributed by atoms with Crippen LogP contribution in [-0.4, -0.2) is 23.7 Å². The first-order valence-corrected chi connectivity index (χ1v) is 7.40. The molecule has 23 heavy (non-hydrogen) atoms. The zero-order chi connectivity index (χ0) is 15.4. The summed E-state index contributed by atoms with van der Waals surface area (Å²) in [4.78, 5) is 22.4. The summed E-state index contributed by atoms with van der Waals surface area (Å²) in [5.41, 5.74) is 2.33. The maximum absolute atomic E-state index is 11.2. The number of dihydropyridines is 2. The van der Waals surface area contributed by atoms with Crippen molar-refractivity contribution in [3.05, 3.63) is 72.2 Å². The van der Waals surface area contributed by atoms with E-state index in [4.69, 9.17) is 0 Å². The van der Waals surface area contributed by atoms with Crippen LogP contribution in [0, 0.1) is 0 Å². The van der Waals surface area contributed by atoms with Crippen molar-refractivity contribution >= 4 is 11.6 Å². The van der Waals surface area contributed by atoms with E-state index >= 15 is 0 Å². The number of ketones is 2. The van der Waals surface area contributed by atoms with Crippen molar-refractivity contribution in [2.24, 2.45) is 0 Å². The molecule has 0 saturated heterocycles. The zero-order valence-electron chi connectivity index (χ0n) is 12.9. The first-order chi connectivity index (χ1) is 10.8. The number of carbonyl (C=O) groups excluding carboxylic acids is 2. The molecule has 2 aliphatic carbocycles. The molecule has 0 aromatic heterocycles. The van der Waals surface area contributed by atoms with Crippen LogP contribution >= 0.6 is 0 Å². The monoisotopic (exact) mass is 358 g/mol. The van der Waals surface area contributed by atoms with E-state index in [1.165, 1.54) is 11.1 Å². The van der Waals surface area contributed by atoms with E-state index in [0.29, 0.717) is 0 Å². The molecule has 4 nitrogen and oxygen atoms in total. The van der Waals surface area contributed by atoms with E-state index in [1.807, 2.05) is 48.9 Å². The van der Waals surface area contributed by atoms with Gasteiger partial charge in [0.25, 0.3) is 0 Å². The van der Waals surface area contributed by atoms with Crippen molar-refractivity contribution in [1.29, 1.82) is 0 Å². The fourth-order valence-electron chi connectivity index (χ4n) is 2.77. The standard InChI is InChI=1S/2C9H9NO.Zn/c2*11-8-5-1-3-7-4-2-6-10-9(7)8;/h2*1-2,4-6,9-10H,3H2;. The molecule has 2 unspecified atom stereocenters. The summed E-state index contributed by atoms with van der Waals surface area (Å²) in [7, 11) is 0. The number of carbonyl (C=O) groups is 2. The second-order valence-corrected chi connectivity index (χ2v) is 5.42. The summed E-state index contributed by atoms with van der Waals surface area (Å²) < 4.78 is 0. The van der Waals surface area contributed by atoms with Crippen LogP contribution in [0.15, 0.2) is 72.2 Å². The Morgan fingerprint density at radius 1 is 0.783 bits per heavy atom. The van der Waals surface area contributed by atoms with Gasteiger partial charge in [-0.3, -0.25) is 9.59 Å². The average molecular weight is 360 g/mol. The fourth-order valence-corrected chi connectivity index (χ4v) is 2.77. The number of hydrogen-bond acceptors (Lipinski definition) is 4. The number of nitrogens with one attached hydrogen (secondary N) is 2. The van der Waals surface area contributed by atoms with Crippen LogP contribution in [0.5, 0.6) is 0 Å². The van der Waals surface area contributed by atoms with Crippen molar-refractivity contribution in [2.45, 2.75) is 24.9 Å². The molecule has 4 aliphatic rings. The molecule has 0 saturated carbocycles. The third kappa shape index (κ3) is 4.05. The van der Waals surface area contributed by atoms with Gasteiger partial charge in [-0.2, -0.15) is 0 Å². The van der Waals surface area contributed by atoms with E-state index in [2.05, 4.69) is 10.6 Å². The van der Waals surface area contributed by atoms with Gasteiger partial charge in [-0.15, -0.1) is 0 Å². The number of fused-ring (bicyclic) bond motifs is 2. The fraction of sp³-hybridized carbons (Fsp3) is 0.222. The molecular weight excluding hydrogens is 342 g/mol. The summed E-state index contributed by atoms with van der Waals surface area (Å²) in [6.07, 6.45) is 20.4. The predicted octanol–water partition coefficient (Wildman–Crippen LogP) is 1.85. The molecule has 4 rings (SSSR count). The molecule has 0 fully saturated rings. The van der Waals surface area contributed by atoms with Gasteiger partial charge in [0.05, 0.1) is 0 Å². The molecule has 2 N–H and O–H groups in total. The zero-order valence-corrected chi connectivity index (χ0v) is 15.8. The van der Waals surface area contributed by atoms with Crippen LogP contribution in [0.3, 0.4) is 0 Å². The maximum Gasteiger partial charge on any atom is 0.181 e. The molecule has 0 aromatic rings. The molecule has 0 aromatic carbocycles. The van der Waals surface area contributed by atoms with Crippen molar-refractivity contribution in [1.82, 2.24) is 10.6 Å². The van der Waals surface area contributed by atoms with Crippen molar-refractivity contribution in [3.63, 3.8) is 0 Å². The Balaban J connectivity index is 0.000000160. The summed E-state index contributed by atoms with van der Waals surface area (Å²) in [6, 6.07) is -0.157. The molecule has 2 aliphatic heterocycles. The minimum absolute atomic E-state index is 0. The Bertz CT molecular complexity index is 611. The van der Waals surface area contributed by atoms with Crippen LogP contribution in [0.4, 0.5) is 0 Å². The quantitative estimate of drug-likeness (QED) is 0.648. The first-order valence-electron chi connectivity index (χ1n) is 7.40. The summed E-state index contributed by atoms with van der Waals surface area (Å²) in [5, 5.41) is 6.04. The number of rotatable bonds is 0. The molecule has 0 radical (unpaired) electrons. The van der Waals surface area contributed by atoms with Crippen molar-refractivity contribution in [2.75, 3.05) is 0 Å². The van der Waals surface area contributed by atoms with E-state index in [9.17, 15) is 9.59 Å². The second-order valence-electron chi connectivity index (χ2n) is 5.42. The Labute approximate surface area is 148 Å².